The lowest BCUT2D eigenvalue weighted by Crippen LogP contribution is -2.42. The highest BCUT2D eigenvalue weighted by Gasteiger charge is 2.26. The second-order valence-electron chi connectivity index (χ2n) is 8.82. The minimum Gasteiger partial charge on any atom is -0.449 e. The number of rotatable bonds is 7. The lowest BCUT2D eigenvalue weighted by atomic mass is 9.97. The standard InChI is InChI=1S/C26H35N3O3/c1-21(2)20-32-26(31)29-16-10-15-28(17-18-29)19-24(30)27(3)25(22-11-6-4-7-12-22)23-13-8-5-9-14-23/h4-9,11-14,21,25H,10,15-20H2,1-3H3. The summed E-state index contributed by atoms with van der Waals surface area (Å²) < 4.78 is 5.38. The van der Waals surface area contributed by atoms with Crippen molar-refractivity contribution in [2.75, 3.05) is 46.4 Å². The molecule has 0 atom stereocenters. The van der Waals surface area contributed by atoms with Gasteiger partial charge in [-0.3, -0.25) is 9.69 Å². The van der Waals surface area contributed by atoms with Crippen molar-refractivity contribution in [3.05, 3.63) is 71.8 Å². The van der Waals surface area contributed by atoms with Gasteiger partial charge in [0.25, 0.3) is 0 Å². The summed E-state index contributed by atoms with van der Waals surface area (Å²) in [6, 6.07) is 20.1. The Morgan fingerprint density at radius 1 is 0.906 bits per heavy atom. The van der Waals surface area contributed by atoms with Gasteiger partial charge in [-0.2, -0.15) is 0 Å². The average molecular weight is 438 g/mol. The molecule has 0 saturated carbocycles. The second-order valence-corrected chi connectivity index (χ2v) is 8.82. The third-order valence-corrected chi connectivity index (χ3v) is 5.76. The van der Waals surface area contributed by atoms with E-state index in [9.17, 15) is 9.59 Å². The number of likely N-dealkylation sites (N-methyl/N-ethyl adjacent to an activating group) is 1. The maximum atomic E-state index is 13.3. The van der Waals surface area contributed by atoms with Gasteiger partial charge in [0.15, 0.2) is 0 Å². The summed E-state index contributed by atoms with van der Waals surface area (Å²) in [6.07, 6.45) is 0.575. The molecule has 2 amide bonds. The van der Waals surface area contributed by atoms with Gasteiger partial charge in [-0.15, -0.1) is 0 Å². The molecule has 0 radical (unpaired) electrons. The van der Waals surface area contributed by atoms with E-state index < -0.39 is 0 Å². The minimum absolute atomic E-state index is 0.0681. The highest BCUT2D eigenvalue weighted by Crippen LogP contribution is 2.27. The van der Waals surface area contributed by atoms with Gasteiger partial charge in [0, 0.05) is 33.2 Å². The van der Waals surface area contributed by atoms with Crippen LogP contribution in [0.5, 0.6) is 0 Å². The Balaban J connectivity index is 1.63. The van der Waals surface area contributed by atoms with Gasteiger partial charge < -0.3 is 14.5 Å². The van der Waals surface area contributed by atoms with Crippen LogP contribution in [0.1, 0.15) is 37.4 Å². The molecule has 32 heavy (non-hydrogen) atoms. The summed E-state index contributed by atoms with van der Waals surface area (Å²) in [5.41, 5.74) is 2.17. The number of hydrogen-bond donors (Lipinski definition) is 0. The summed E-state index contributed by atoms with van der Waals surface area (Å²) in [5, 5.41) is 0. The number of nitrogens with zero attached hydrogens (tertiary/aromatic N) is 3. The molecule has 2 aromatic carbocycles. The molecular weight excluding hydrogens is 402 g/mol. The van der Waals surface area contributed by atoms with E-state index in [1.807, 2.05) is 62.2 Å². The molecule has 0 aromatic heterocycles. The molecule has 1 fully saturated rings. The predicted molar refractivity (Wildman–Crippen MR) is 126 cm³/mol. The molecule has 172 valence electrons. The molecule has 1 saturated heterocycles. The van der Waals surface area contributed by atoms with Gasteiger partial charge in [0.05, 0.1) is 19.2 Å². The fraction of sp³-hybridized carbons (Fsp3) is 0.462. The number of benzene rings is 2. The van der Waals surface area contributed by atoms with Crippen molar-refractivity contribution < 1.29 is 14.3 Å². The molecule has 2 aromatic rings. The summed E-state index contributed by atoms with van der Waals surface area (Å²) in [7, 11) is 1.88. The average Bonchev–Trinajstić information content (AvgIpc) is 3.04. The van der Waals surface area contributed by atoms with E-state index in [0.717, 1.165) is 24.1 Å². The second kappa shape index (κ2) is 11.7. The first-order chi connectivity index (χ1) is 15.5. The van der Waals surface area contributed by atoms with Crippen molar-refractivity contribution in [1.82, 2.24) is 14.7 Å². The molecule has 1 aliphatic rings. The van der Waals surface area contributed by atoms with E-state index in [-0.39, 0.29) is 18.0 Å². The van der Waals surface area contributed by atoms with Crippen molar-refractivity contribution in [3.63, 3.8) is 0 Å². The molecule has 6 heteroatoms. The summed E-state index contributed by atoms with van der Waals surface area (Å²) in [6.45, 7) is 7.51. The first-order valence-electron chi connectivity index (χ1n) is 11.5. The van der Waals surface area contributed by atoms with Crippen LogP contribution < -0.4 is 0 Å². The highest BCUT2D eigenvalue weighted by atomic mass is 16.6. The first kappa shape index (κ1) is 23.8. The highest BCUT2D eigenvalue weighted by molar-refractivity contribution is 5.79. The summed E-state index contributed by atoms with van der Waals surface area (Å²) >= 11 is 0. The van der Waals surface area contributed by atoms with Crippen LogP contribution in [0.2, 0.25) is 0 Å². The molecule has 3 rings (SSSR count). The van der Waals surface area contributed by atoms with Crippen LogP contribution in [0, 0.1) is 5.92 Å². The van der Waals surface area contributed by atoms with E-state index in [0.29, 0.717) is 38.7 Å². The zero-order valence-electron chi connectivity index (χ0n) is 19.4. The van der Waals surface area contributed by atoms with Crippen molar-refractivity contribution in [2.24, 2.45) is 5.92 Å². The lowest BCUT2D eigenvalue weighted by molar-refractivity contribution is -0.132. The quantitative estimate of drug-likeness (QED) is 0.656. The van der Waals surface area contributed by atoms with E-state index in [4.69, 9.17) is 4.74 Å². The SMILES string of the molecule is CC(C)COC(=O)N1CCCN(CC(=O)N(C)C(c2ccccc2)c2ccccc2)CC1. The molecule has 0 unspecified atom stereocenters. The number of carbonyl (C=O) groups excluding carboxylic acids is 2. The fourth-order valence-corrected chi connectivity index (χ4v) is 4.00. The number of ether oxygens (including phenoxy) is 1. The molecule has 1 aliphatic heterocycles. The summed E-state index contributed by atoms with van der Waals surface area (Å²) in [4.78, 5) is 31.3. The van der Waals surface area contributed by atoms with Gasteiger partial charge in [0.1, 0.15) is 0 Å². The van der Waals surface area contributed by atoms with Gasteiger partial charge in [-0.25, -0.2) is 4.79 Å². The van der Waals surface area contributed by atoms with Crippen molar-refractivity contribution in [1.29, 1.82) is 0 Å². The minimum atomic E-state index is -0.253. The molecule has 0 aliphatic carbocycles. The Morgan fingerprint density at radius 3 is 2.06 bits per heavy atom. The Hall–Kier alpha value is -2.86. The molecular formula is C26H35N3O3. The van der Waals surface area contributed by atoms with Crippen LogP contribution in [-0.4, -0.2) is 73.1 Å². The van der Waals surface area contributed by atoms with Crippen LogP contribution in [0.25, 0.3) is 0 Å². The van der Waals surface area contributed by atoms with Crippen LogP contribution >= 0.6 is 0 Å². The molecule has 6 nitrogen and oxygen atoms in total. The molecule has 0 bridgehead atoms. The molecule has 1 heterocycles. The van der Waals surface area contributed by atoms with Crippen LogP contribution in [-0.2, 0) is 9.53 Å². The number of carbonyl (C=O) groups is 2. The van der Waals surface area contributed by atoms with Crippen LogP contribution in [0.15, 0.2) is 60.7 Å². The van der Waals surface area contributed by atoms with Gasteiger partial charge >= 0.3 is 6.09 Å². The van der Waals surface area contributed by atoms with Gasteiger partial charge in [-0.1, -0.05) is 74.5 Å². The van der Waals surface area contributed by atoms with E-state index >= 15 is 0 Å². The largest absolute Gasteiger partial charge is 0.449 e. The van der Waals surface area contributed by atoms with E-state index in [1.54, 1.807) is 4.90 Å². The summed E-state index contributed by atoms with van der Waals surface area (Å²) in [5.74, 6) is 0.385. The number of amides is 2. The Kier molecular flexibility index (Phi) is 8.68. The Morgan fingerprint density at radius 2 is 1.50 bits per heavy atom. The van der Waals surface area contributed by atoms with Crippen molar-refractivity contribution >= 4 is 12.0 Å². The zero-order chi connectivity index (χ0) is 22.9. The fourth-order valence-electron chi connectivity index (χ4n) is 4.00. The normalized spacial score (nSPS) is 15.0. The van der Waals surface area contributed by atoms with E-state index in [1.165, 1.54) is 0 Å². The topological polar surface area (TPSA) is 53.1 Å². The zero-order valence-corrected chi connectivity index (χ0v) is 19.4. The molecule has 0 spiro atoms. The van der Waals surface area contributed by atoms with Gasteiger partial charge in [0.2, 0.25) is 5.91 Å². The Bertz CT molecular complexity index is 818. The van der Waals surface area contributed by atoms with Crippen molar-refractivity contribution in [3.8, 4) is 0 Å². The monoisotopic (exact) mass is 437 g/mol. The number of hydrogen-bond acceptors (Lipinski definition) is 4. The van der Waals surface area contributed by atoms with Crippen LogP contribution in [0.4, 0.5) is 4.79 Å². The smallest absolute Gasteiger partial charge is 0.409 e. The third-order valence-electron chi connectivity index (χ3n) is 5.76. The van der Waals surface area contributed by atoms with E-state index in [2.05, 4.69) is 29.2 Å². The first-order valence-corrected chi connectivity index (χ1v) is 11.5. The third kappa shape index (κ3) is 6.57. The predicted octanol–water partition coefficient (Wildman–Crippen LogP) is 4.03. The Labute approximate surface area is 191 Å². The lowest BCUT2D eigenvalue weighted by Gasteiger charge is -2.31. The van der Waals surface area contributed by atoms with Crippen molar-refractivity contribution in [2.45, 2.75) is 26.3 Å². The maximum Gasteiger partial charge on any atom is 0.409 e. The van der Waals surface area contributed by atoms with Crippen LogP contribution in [0.3, 0.4) is 0 Å². The van der Waals surface area contributed by atoms with Gasteiger partial charge in [-0.05, 0) is 23.5 Å². The molecule has 0 N–H and O–H groups in total. The maximum absolute atomic E-state index is 13.3.